The van der Waals surface area contributed by atoms with Gasteiger partial charge in [0.15, 0.2) is 0 Å². The minimum atomic E-state index is -0.536. The van der Waals surface area contributed by atoms with Crippen LogP contribution in [0.2, 0.25) is 0 Å². The van der Waals surface area contributed by atoms with Crippen molar-refractivity contribution >= 4 is 0 Å². The molecule has 5 heteroatoms. The van der Waals surface area contributed by atoms with Crippen LogP contribution in [0.25, 0.3) is 0 Å². The summed E-state index contributed by atoms with van der Waals surface area (Å²) in [4.78, 5) is 6.43. The largest absolute Gasteiger partial charge is 0.491 e. The van der Waals surface area contributed by atoms with Crippen molar-refractivity contribution in [2.75, 3.05) is 26.7 Å². The van der Waals surface area contributed by atoms with Crippen molar-refractivity contribution in [3.63, 3.8) is 0 Å². The quantitative estimate of drug-likeness (QED) is 0.453. The highest BCUT2D eigenvalue weighted by molar-refractivity contribution is 5.27. The van der Waals surface area contributed by atoms with Crippen molar-refractivity contribution in [1.29, 1.82) is 0 Å². The molecule has 0 spiro atoms. The molecular weight excluding hydrogens is 374 g/mol. The minimum absolute atomic E-state index is 0.279. The molecule has 2 N–H and O–H groups in total. The molecule has 5 nitrogen and oxygen atoms in total. The van der Waals surface area contributed by atoms with E-state index in [0.717, 1.165) is 37.5 Å². The zero-order valence-electron chi connectivity index (χ0n) is 17.6. The van der Waals surface area contributed by atoms with Crippen molar-refractivity contribution in [3.8, 4) is 5.75 Å². The standard InChI is InChI=1S/C25H31N3O2/c1-28(18-22-7-3-2-4-8-22)19-24(29)20-30-25-12-10-21(11-13-25)17-26-16-14-23-9-5-6-15-27-23/h2-13,15,24,26,29H,14,16-20H2,1H3. The summed E-state index contributed by atoms with van der Waals surface area (Å²) in [6, 6.07) is 24.3. The van der Waals surface area contributed by atoms with Gasteiger partial charge in [-0.25, -0.2) is 0 Å². The van der Waals surface area contributed by atoms with Crippen LogP contribution in [0.3, 0.4) is 0 Å². The molecule has 1 atom stereocenters. The van der Waals surface area contributed by atoms with Gasteiger partial charge in [0.25, 0.3) is 0 Å². The fraction of sp³-hybridized carbons (Fsp3) is 0.320. The molecule has 30 heavy (non-hydrogen) atoms. The number of nitrogens with zero attached hydrogens (tertiary/aromatic N) is 2. The molecule has 0 amide bonds. The number of rotatable bonds is 12. The van der Waals surface area contributed by atoms with Gasteiger partial charge in [-0.05, 0) is 42.4 Å². The molecule has 2 aromatic carbocycles. The SMILES string of the molecule is CN(Cc1ccccc1)CC(O)COc1ccc(CNCCc2ccccn2)cc1. The Balaban J connectivity index is 1.32. The summed E-state index contributed by atoms with van der Waals surface area (Å²) in [7, 11) is 2.01. The number of aliphatic hydroxyl groups is 1. The van der Waals surface area contributed by atoms with Gasteiger partial charge in [-0.2, -0.15) is 0 Å². The lowest BCUT2D eigenvalue weighted by atomic mass is 10.2. The predicted molar refractivity (Wildman–Crippen MR) is 120 cm³/mol. The lowest BCUT2D eigenvalue weighted by molar-refractivity contribution is 0.0744. The summed E-state index contributed by atoms with van der Waals surface area (Å²) in [5.74, 6) is 0.775. The van der Waals surface area contributed by atoms with Gasteiger partial charge in [0, 0.05) is 44.5 Å². The van der Waals surface area contributed by atoms with Gasteiger partial charge in [-0.15, -0.1) is 0 Å². The van der Waals surface area contributed by atoms with Crippen LogP contribution in [0, 0.1) is 0 Å². The number of likely N-dealkylation sites (N-methyl/N-ethyl adjacent to an activating group) is 1. The molecule has 0 aliphatic heterocycles. The van der Waals surface area contributed by atoms with E-state index in [2.05, 4.69) is 39.5 Å². The number of hydrogen-bond acceptors (Lipinski definition) is 5. The van der Waals surface area contributed by atoms with Crippen LogP contribution in [0.1, 0.15) is 16.8 Å². The van der Waals surface area contributed by atoms with Crippen LogP contribution in [0.15, 0.2) is 79.0 Å². The lowest BCUT2D eigenvalue weighted by Gasteiger charge is -2.21. The van der Waals surface area contributed by atoms with Crippen molar-refractivity contribution in [3.05, 3.63) is 95.8 Å². The Morgan fingerprint density at radius 1 is 0.967 bits per heavy atom. The Hall–Kier alpha value is -2.73. The van der Waals surface area contributed by atoms with Gasteiger partial charge >= 0.3 is 0 Å². The van der Waals surface area contributed by atoms with Gasteiger partial charge < -0.3 is 15.2 Å². The first-order chi connectivity index (χ1) is 14.7. The second-order valence-electron chi connectivity index (χ2n) is 7.54. The molecule has 0 fully saturated rings. The van der Waals surface area contributed by atoms with Crippen LogP contribution in [0.5, 0.6) is 5.75 Å². The van der Waals surface area contributed by atoms with Gasteiger partial charge in [0.1, 0.15) is 18.5 Å². The van der Waals surface area contributed by atoms with Crippen molar-refractivity contribution < 1.29 is 9.84 Å². The van der Waals surface area contributed by atoms with E-state index in [-0.39, 0.29) is 6.61 Å². The first kappa shape index (κ1) is 22.0. The van der Waals surface area contributed by atoms with E-state index in [1.807, 2.05) is 61.8 Å². The number of benzene rings is 2. The third-order valence-electron chi connectivity index (χ3n) is 4.80. The van der Waals surface area contributed by atoms with Crippen molar-refractivity contribution in [1.82, 2.24) is 15.2 Å². The average molecular weight is 406 g/mol. The number of ether oxygens (including phenoxy) is 1. The molecule has 0 radical (unpaired) electrons. The van der Waals surface area contributed by atoms with Crippen LogP contribution < -0.4 is 10.1 Å². The van der Waals surface area contributed by atoms with Crippen LogP contribution in [0.4, 0.5) is 0 Å². The molecular formula is C25H31N3O2. The number of aliphatic hydroxyl groups excluding tert-OH is 1. The monoisotopic (exact) mass is 405 g/mol. The molecule has 0 saturated heterocycles. The average Bonchev–Trinajstić information content (AvgIpc) is 2.77. The highest BCUT2D eigenvalue weighted by atomic mass is 16.5. The summed E-state index contributed by atoms with van der Waals surface area (Å²) >= 11 is 0. The Morgan fingerprint density at radius 3 is 2.47 bits per heavy atom. The van der Waals surface area contributed by atoms with Crippen LogP contribution >= 0.6 is 0 Å². The maximum absolute atomic E-state index is 10.3. The van der Waals surface area contributed by atoms with Gasteiger partial charge in [-0.3, -0.25) is 9.88 Å². The minimum Gasteiger partial charge on any atom is -0.491 e. The molecule has 158 valence electrons. The fourth-order valence-electron chi connectivity index (χ4n) is 3.26. The van der Waals surface area contributed by atoms with E-state index >= 15 is 0 Å². The normalized spacial score (nSPS) is 12.1. The summed E-state index contributed by atoms with van der Waals surface area (Å²) in [5.41, 5.74) is 3.53. The lowest BCUT2D eigenvalue weighted by Crippen LogP contribution is -2.32. The zero-order chi connectivity index (χ0) is 21.0. The van der Waals surface area contributed by atoms with Gasteiger partial charge in [-0.1, -0.05) is 48.5 Å². The van der Waals surface area contributed by atoms with Gasteiger partial charge in [0.05, 0.1) is 0 Å². The molecule has 0 aliphatic carbocycles. The first-order valence-corrected chi connectivity index (χ1v) is 10.4. The third kappa shape index (κ3) is 7.95. The van der Waals surface area contributed by atoms with Crippen molar-refractivity contribution in [2.24, 2.45) is 0 Å². The smallest absolute Gasteiger partial charge is 0.119 e. The first-order valence-electron chi connectivity index (χ1n) is 10.4. The Labute approximate surface area is 179 Å². The second-order valence-corrected chi connectivity index (χ2v) is 7.54. The highest BCUT2D eigenvalue weighted by Crippen LogP contribution is 2.13. The predicted octanol–water partition coefficient (Wildman–Crippen LogP) is 3.29. The molecule has 1 unspecified atom stereocenters. The maximum atomic E-state index is 10.3. The molecule has 0 saturated carbocycles. The van der Waals surface area contributed by atoms with E-state index in [9.17, 15) is 5.11 Å². The molecule has 0 aliphatic rings. The molecule has 1 aromatic heterocycles. The van der Waals surface area contributed by atoms with Crippen LogP contribution in [-0.2, 0) is 19.5 Å². The topological polar surface area (TPSA) is 57.6 Å². The van der Waals surface area contributed by atoms with E-state index in [0.29, 0.717) is 6.54 Å². The molecule has 1 heterocycles. The summed E-state index contributed by atoms with van der Waals surface area (Å²) < 4.78 is 5.75. The molecule has 3 rings (SSSR count). The fourth-order valence-corrected chi connectivity index (χ4v) is 3.26. The zero-order valence-corrected chi connectivity index (χ0v) is 17.6. The Morgan fingerprint density at radius 2 is 1.73 bits per heavy atom. The number of hydrogen-bond donors (Lipinski definition) is 2. The Bertz CT molecular complexity index is 841. The van der Waals surface area contributed by atoms with E-state index in [1.54, 1.807) is 0 Å². The third-order valence-corrected chi connectivity index (χ3v) is 4.80. The summed E-state index contributed by atoms with van der Waals surface area (Å²) in [6.45, 7) is 3.34. The number of aromatic nitrogens is 1. The van der Waals surface area contributed by atoms with Crippen molar-refractivity contribution in [2.45, 2.75) is 25.6 Å². The van der Waals surface area contributed by atoms with E-state index < -0.39 is 6.10 Å². The van der Waals surface area contributed by atoms with Gasteiger partial charge in [0.2, 0.25) is 0 Å². The molecule has 0 bridgehead atoms. The number of nitrogens with one attached hydrogen (secondary N) is 1. The summed E-state index contributed by atoms with van der Waals surface area (Å²) in [6.07, 6.45) is 2.21. The van der Waals surface area contributed by atoms with Crippen LogP contribution in [-0.4, -0.2) is 47.8 Å². The van der Waals surface area contributed by atoms with E-state index in [1.165, 1.54) is 11.1 Å². The maximum Gasteiger partial charge on any atom is 0.119 e. The number of pyridine rings is 1. The second kappa shape index (κ2) is 12.1. The highest BCUT2D eigenvalue weighted by Gasteiger charge is 2.10. The summed E-state index contributed by atoms with van der Waals surface area (Å²) in [5, 5.41) is 13.7. The Kier molecular flexibility index (Phi) is 8.84. The van der Waals surface area contributed by atoms with E-state index in [4.69, 9.17) is 4.74 Å². The molecule has 3 aromatic rings.